The van der Waals surface area contributed by atoms with Crippen LogP contribution in [0, 0.1) is 0 Å². The second-order valence-electron chi connectivity index (χ2n) is 5.95. The lowest BCUT2D eigenvalue weighted by Crippen LogP contribution is -2.44. The molecule has 1 spiro atoms. The van der Waals surface area contributed by atoms with Crippen molar-refractivity contribution in [3.63, 3.8) is 0 Å². The number of fused-ring (bicyclic) bond motifs is 4. The first-order chi connectivity index (χ1) is 10.2. The molecular formula is C15H17ClN4O. The van der Waals surface area contributed by atoms with Gasteiger partial charge in [-0.3, -0.25) is 4.99 Å². The van der Waals surface area contributed by atoms with Crippen molar-refractivity contribution in [2.45, 2.75) is 37.3 Å². The summed E-state index contributed by atoms with van der Waals surface area (Å²) in [7, 11) is 1.80. The fourth-order valence-corrected chi connectivity index (χ4v) is 3.84. The van der Waals surface area contributed by atoms with Crippen LogP contribution in [0.2, 0.25) is 5.28 Å². The summed E-state index contributed by atoms with van der Waals surface area (Å²) in [4.78, 5) is 13.1. The standard InChI is InChI=1S/C15H17ClN4O/c1-21-12-2-4-15(5-3-12)9-17-8-11-6-10-7-18-14(16)19-13(10)20(11)15/h6-8,12H,2-5,9H2,1H3/t12-,15-. The monoisotopic (exact) mass is 304 g/mol. The zero-order valence-electron chi connectivity index (χ0n) is 11.9. The van der Waals surface area contributed by atoms with Crippen LogP contribution in [-0.2, 0) is 10.3 Å². The van der Waals surface area contributed by atoms with Crippen molar-refractivity contribution in [2.24, 2.45) is 4.99 Å². The Hall–Kier alpha value is -1.46. The topological polar surface area (TPSA) is 52.3 Å². The Labute approximate surface area is 128 Å². The number of ether oxygens (including phenoxy) is 1. The average Bonchev–Trinajstić information content (AvgIpc) is 2.87. The van der Waals surface area contributed by atoms with Gasteiger partial charge in [0.1, 0.15) is 5.65 Å². The van der Waals surface area contributed by atoms with Crippen LogP contribution in [0.1, 0.15) is 31.4 Å². The van der Waals surface area contributed by atoms with Gasteiger partial charge in [-0.25, -0.2) is 4.98 Å². The Morgan fingerprint density at radius 2 is 2.19 bits per heavy atom. The maximum atomic E-state index is 6.00. The number of halogens is 1. The van der Waals surface area contributed by atoms with E-state index in [1.54, 1.807) is 13.3 Å². The van der Waals surface area contributed by atoms with Crippen molar-refractivity contribution in [1.82, 2.24) is 14.5 Å². The van der Waals surface area contributed by atoms with Crippen molar-refractivity contribution in [3.05, 3.63) is 23.2 Å². The SMILES string of the molecule is CO[C@H]1CC[C@]2(CC1)CN=Cc1cc3cnc(Cl)nc3n12. The molecule has 0 bridgehead atoms. The van der Waals surface area contributed by atoms with Crippen LogP contribution < -0.4 is 0 Å². The molecule has 5 nitrogen and oxygen atoms in total. The van der Waals surface area contributed by atoms with E-state index in [-0.39, 0.29) is 5.54 Å². The normalized spacial score (nSPS) is 28.2. The molecule has 0 radical (unpaired) electrons. The van der Waals surface area contributed by atoms with Crippen LogP contribution >= 0.6 is 11.6 Å². The molecule has 1 aliphatic carbocycles. The van der Waals surface area contributed by atoms with Gasteiger partial charge in [-0.05, 0) is 43.4 Å². The smallest absolute Gasteiger partial charge is 0.224 e. The Morgan fingerprint density at radius 1 is 1.38 bits per heavy atom. The molecular weight excluding hydrogens is 288 g/mol. The van der Waals surface area contributed by atoms with Crippen LogP contribution in [-0.4, -0.2) is 40.5 Å². The highest BCUT2D eigenvalue weighted by Gasteiger charge is 2.40. The van der Waals surface area contributed by atoms with Gasteiger partial charge >= 0.3 is 0 Å². The Bertz CT molecular complexity index is 716. The number of hydrogen-bond acceptors (Lipinski definition) is 4. The first kappa shape index (κ1) is 13.2. The van der Waals surface area contributed by atoms with Gasteiger partial charge in [-0.1, -0.05) is 0 Å². The van der Waals surface area contributed by atoms with Crippen LogP contribution in [0.25, 0.3) is 11.0 Å². The molecule has 6 heteroatoms. The van der Waals surface area contributed by atoms with Gasteiger partial charge in [0.25, 0.3) is 0 Å². The van der Waals surface area contributed by atoms with Crippen molar-refractivity contribution in [2.75, 3.05) is 13.7 Å². The van der Waals surface area contributed by atoms with E-state index in [1.165, 1.54) is 0 Å². The fraction of sp³-hybridized carbons (Fsp3) is 0.533. The molecule has 2 aliphatic rings. The summed E-state index contributed by atoms with van der Waals surface area (Å²) in [5, 5.41) is 1.32. The van der Waals surface area contributed by atoms with Gasteiger partial charge in [-0.2, -0.15) is 4.98 Å². The Balaban J connectivity index is 1.85. The molecule has 4 rings (SSSR count). The quantitative estimate of drug-likeness (QED) is 0.761. The lowest BCUT2D eigenvalue weighted by Gasteiger charge is -2.42. The third-order valence-corrected chi connectivity index (χ3v) is 5.00. The van der Waals surface area contributed by atoms with Crippen molar-refractivity contribution < 1.29 is 4.74 Å². The largest absolute Gasteiger partial charge is 0.381 e. The van der Waals surface area contributed by atoms with Crippen LogP contribution in [0.3, 0.4) is 0 Å². The summed E-state index contributed by atoms with van der Waals surface area (Å²) in [6.07, 6.45) is 8.32. The van der Waals surface area contributed by atoms with Crippen molar-refractivity contribution in [3.8, 4) is 0 Å². The third-order valence-electron chi connectivity index (χ3n) is 4.82. The molecule has 2 aromatic rings. The number of rotatable bonds is 1. The summed E-state index contributed by atoms with van der Waals surface area (Å²) in [6, 6.07) is 2.10. The molecule has 0 aromatic carbocycles. The van der Waals surface area contributed by atoms with E-state index in [2.05, 4.69) is 25.6 Å². The van der Waals surface area contributed by atoms with Gasteiger partial charge in [0.05, 0.1) is 23.9 Å². The summed E-state index contributed by atoms with van der Waals surface area (Å²) in [5.41, 5.74) is 2.04. The third kappa shape index (κ3) is 1.99. The average molecular weight is 305 g/mol. The molecule has 3 heterocycles. The number of hydrogen-bond donors (Lipinski definition) is 0. The number of nitrogens with zero attached hydrogens (tertiary/aromatic N) is 4. The van der Waals surface area contributed by atoms with Crippen LogP contribution in [0.15, 0.2) is 17.3 Å². The lowest BCUT2D eigenvalue weighted by molar-refractivity contribution is 0.0335. The van der Waals surface area contributed by atoms with Crippen LogP contribution in [0.4, 0.5) is 0 Å². The van der Waals surface area contributed by atoms with Gasteiger partial charge in [-0.15, -0.1) is 0 Å². The number of aromatic nitrogens is 3. The first-order valence-electron chi connectivity index (χ1n) is 7.29. The molecule has 0 N–H and O–H groups in total. The van der Waals surface area contributed by atoms with E-state index >= 15 is 0 Å². The maximum Gasteiger partial charge on any atom is 0.224 e. The Morgan fingerprint density at radius 3 is 2.95 bits per heavy atom. The second-order valence-corrected chi connectivity index (χ2v) is 6.29. The molecule has 0 atom stereocenters. The minimum absolute atomic E-state index is 0.0124. The van der Waals surface area contributed by atoms with Gasteiger partial charge in [0, 0.05) is 24.9 Å². The molecule has 2 aromatic heterocycles. The summed E-state index contributed by atoms with van der Waals surface area (Å²) in [5.74, 6) is 0. The highest BCUT2D eigenvalue weighted by Crippen LogP contribution is 2.41. The highest BCUT2D eigenvalue weighted by molar-refractivity contribution is 6.28. The van der Waals surface area contributed by atoms with Gasteiger partial charge in [0.15, 0.2) is 0 Å². The molecule has 0 saturated heterocycles. The minimum atomic E-state index is 0.0124. The summed E-state index contributed by atoms with van der Waals surface area (Å²) < 4.78 is 7.83. The number of aliphatic imine (C=N–C) groups is 1. The van der Waals surface area contributed by atoms with E-state index < -0.39 is 0 Å². The van der Waals surface area contributed by atoms with E-state index in [4.69, 9.17) is 16.3 Å². The molecule has 110 valence electrons. The van der Waals surface area contributed by atoms with Gasteiger partial charge in [0.2, 0.25) is 5.28 Å². The molecule has 21 heavy (non-hydrogen) atoms. The van der Waals surface area contributed by atoms with Crippen LogP contribution in [0.5, 0.6) is 0 Å². The lowest BCUT2D eigenvalue weighted by atomic mass is 9.79. The summed E-state index contributed by atoms with van der Waals surface area (Å²) in [6.45, 7) is 0.807. The molecule has 0 unspecified atom stereocenters. The zero-order valence-corrected chi connectivity index (χ0v) is 12.7. The highest BCUT2D eigenvalue weighted by atomic mass is 35.5. The van der Waals surface area contributed by atoms with E-state index in [1.807, 2.05) is 6.21 Å². The number of methoxy groups -OCH3 is 1. The van der Waals surface area contributed by atoms with Gasteiger partial charge < -0.3 is 9.30 Å². The Kier molecular flexibility index (Phi) is 3.01. The molecule has 1 fully saturated rings. The molecule has 1 saturated carbocycles. The fourth-order valence-electron chi connectivity index (χ4n) is 3.71. The van der Waals surface area contributed by atoms with E-state index in [0.717, 1.165) is 49.0 Å². The predicted molar refractivity (Wildman–Crippen MR) is 82.2 cm³/mol. The minimum Gasteiger partial charge on any atom is -0.381 e. The van der Waals surface area contributed by atoms with Crippen molar-refractivity contribution >= 4 is 28.8 Å². The van der Waals surface area contributed by atoms with Crippen molar-refractivity contribution in [1.29, 1.82) is 0 Å². The summed E-state index contributed by atoms with van der Waals surface area (Å²) >= 11 is 6.00. The molecule has 0 amide bonds. The second kappa shape index (κ2) is 4.78. The van der Waals surface area contributed by atoms with E-state index in [0.29, 0.717) is 11.4 Å². The first-order valence-corrected chi connectivity index (χ1v) is 7.67. The zero-order chi connectivity index (χ0) is 14.4. The van der Waals surface area contributed by atoms with E-state index in [9.17, 15) is 0 Å². The molecule has 1 aliphatic heterocycles. The predicted octanol–water partition coefficient (Wildman–Crippen LogP) is 2.80. The maximum absolute atomic E-state index is 6.00.